The monoisotopic (exact) mass is 572 g/mol. The molecule has 0 aliphatic heterocycles. The van der Waals surface area contributed by atoms with E-state index in [1.807, 2.05) is 60.7 Å². The number of benzene rings is 4. The highest BCUT2D eigenvalue weighted by Gasteiger charge is 2.18. The summed E-state index contributed by atoms with van der Waals surface area (Å²) in [5.41, 5.74) is 4.04. The van der Waals surface area contributed by atoms with Crippen LogP contribution < -0.4 is 9.64 Å². The topological polar surface area (TPSA) is 99.9 Å². The first-order chi connectivity index (χ1) is 20.6. The summed E-state index contributed by atoms with van der Waals surface area (Å²) in [5.74, 6) is -1.67. The van der Waals surface area contributed by atoms with Crippen molar-refractivity contribution >= 4 is 47.2 Å². The third-order valence-electron chi connectivity index (χ3n) is 6.10. The van der Waals surface area contributed by atoms with Crippen LogP contribution in [0.15, 0.2) is 109 Å². The van der Waals surface area contributed by atoms with E-state index in [1.165, 1.54) is 6.08 Å². The molecule has 0 spiro atoms. The van der Waals surface area contributed by atoms with E-state index in [0.717, 1.165) is 28.2 Å². The largest absolute Gasteiger partial charge is 0.481 e. The minimum Gasteiger partial charge on any atom is -0.481 e. The molecule has 7 heteroatoms. The molecule has 0 heterocycles. The summed E-state index contributed by atoms with van der Waals surface area (Å²) in [6.45, 7) is 4.89. The zero-order chi connectivity index (χ0) is 30.8. The van der Waals surface area contributed by atoms with Crippen molar-refractivity contribution in [2.24, 2.45) is 0 Å². The van der Waals surface area contributed by atoms with Gasteiger partial charge in [0.2, 0.25) is 0 Å². The Kier molecular flexibility index (Phi) is 9.77. The zero-order valence-electron chi connectivity index (χ0n) is 24.2. The number of nitrogens with zero attached hydrogens (tertiary/aromatic N) is 2. The summed E-state index contributed by atoms with van der Waals surface area (Å²) >= 11 is 0. The van der Waals surface area contributed by atoms with Gasteiger partial charge < -0.3 is 19.5 Å². The molecule has 0 radical (unpaired) electrons. The predicted molar refractivity (Wildman–Crippen MR) is 169 cm³/mol. The zero-order valence-corrected chi connectivity index (χ0v) is 24.2. The number of esters is 1. The molecule has 43 heavy (non-hydrogen) atoms. The van der Waals surface area contributed by atoms with Gasteiger partial charge in [-0.2, -0.15) is 5.26 Å². The van der Waals surface area contributed by atoms with Crippen LogP contribution in [0.3, 0.4) is 0 Å². The number of carbonyl (C=O) groups excluding carboxylic acids is 1. The maximum absolute atomic E-state index is 12.3. The highest BCUT2D eigenvalue weighted by Crippen LogP contribution is 2.34. The van der Waals surface area contributed by atoms with Gasteiger partial charge in [0.05, 0.1) is 0 Å². The number of hydrogen-bond donors (Lipinski definition) is 1. The fourth-order valence-electron chi connectivity index (χ4n) is 4.23. The lowest BCUT2D eigenvalue weighted by molar-refractivity contribution is -0.157. The number of carboxylic acid groups (broad SMARTS) is 1. The highest BCUT2D eigenvalue weighted by atomic mass is 16.6. The van der Waals surface area contributed by atoms with Crippen LogP contribution in [0.1, 0.15) is 37.5 Å². The molecule has 0 amide bonds. The van der Waals surface area contributed by atoms with E-state index < -0.39 is 23.1 Å². The molecule has 0 saturated heterocycles. The summed E-state index contributed by atoms with van der Waals surface area (Å²) < 4.78 is 11.0. The number of para-hydroxylation sites is 2. The van der Waals surface area contributed by atoms with Crippen LogP contribution in [0, 0.1) is 11.3 Å². The molecule has 0 aliphatic rings. The van der Waals surface area contributed by atoms with Gasteiger partial charge in [0.1, 0.15) is 23.0 Å². The first-order valence-corrected chi connectivity index (χ1v) is 13.6. The number of rotatable bonds is 10. The first kappa shape index (κ1) is 30.4. The number of nitriles is 1. The second kappa shape index (κ2) is 13.8. The Labute approximate surface area is 251 Å². The average Bonchev–Trinajstić information content (AvgIpc) is 2.99. The smallest absolute Gasteiger partial charge is 0.346 e. The van der Waals surface area contributed by atoms with Crippen molar-refractivity contribution in [3.05, 3.63) is 125 Å². The van der Waals surface area contributed by atoms with Crippen LogP contribution in [0.2, 0.25) is 0 Å². The second-order valence-electron chi connectivity index (χ2n) is 10.6. The summed E-state index contributed by atoms with van der Waals surface area (Å²) in [6.07, 6.45) is 5.04. The molecule has 0 fully saturated rings. The Bertz CT molecular complexity index is 1620. The van der Waals surface area contributed by atoms with Crippen molar-refractivity contribution in [1.29, 1.82) is 5.26 Å². The van der Waals surface area contributed by atoms with Crippen molar-refractivity contribution in [3.63, 3.8) is 0 Å². The Morgan fingerprint density at radius 1 is 0.814 bits per heavy atom. The van der Waals surface area contributed by atoms with Gasteiger partial charge in [0.25, 0.3) is 0 Å². The van der Waals surface area contributed by atoms with E-state index in [9.17, 15) is 20.0 Å². The normalized spacial score (nSPS) is 11.5. The van der Waals surface area contributed by atoms with Crippen LogP contribution in [0.5, 0.6) is 5.75 Å². The van der Waals surface area contributed by atoms with Crippen LogP contribution in [-0.2, 0) is 14.3 Å². The molecular weight excluding hydrogens is 540 g/mol. The number of anilines is 3. The van der Waals surface area contributed by atoms with Gasteiger partial charge in [0, 0.05) is 22.6 Å². The van der Waals surface area contributed by atoms with Crippen LogP contribution in [0.4, 0.5) is 17.1 Å². The predicted octanol–water partition coefficient (Wildman–Crippen LogP) is 8.04. The van der Waals surface area contributed by atoms with E-state index in [1.54, 1.807) is 45.0 Å². The molecule has 0 unspecified atom stereocenters. The number of carbonyl (C=O) groups is 2. The fraction of sp³-hybridized carbons (Fsp3) is 0.139. The maximum Gasteiger partial charge on any atom is 0.346 e. The molecule has 4 aromatic carbocycles. The Hall–Kier alpha value is -5.61. The number of carboxylic acids is 1. The molecule has 0 bridgehead atoms. The van der Waals surface area contributed by atoms with E-state index in [-0.39, 0.29) is 12.4 Å². The van der Waals surface area contributed by atoms with Crippen molar-refractivity contribution in [2.75, 3.05) is 11.5 Å². The highest BCUT2D eigenvalue weighted by molar-refractivity contribution is 5.97. The number of aliphatic carboxylic acids is 1. The van der Waals surface area contributed by atoms with E-state index in [0.29, 0.717) is 5.56 Å². The maximum atomic E-state index is 12.3. The summed E-state index contributed by atoms with van der Waals surface area (Å²) in [7, 11) is 0. The van der Waals surface area contributed by atoms with Crippen molar-refractivity contribution in [2.45, 2.75) is 26.4 Å². The number of ether oxygens (including phenoxy) is 2. The standard InChI is InChI=1S/C36H32N2O5/c1-36(2,3)43-34(39)25-42-33-22-27(16-19-28(33)23-29(24-37)35(40)41)15-14-26-17-20-32(21-18-26)38(30-10-6-4-7-11-30)31-12-8-5-9-13-31/h4-23H,25H2,1-3H3,(H,40,41)/b15-14+,29-23-. The van der Waals surface area contributed by atoms with Crippen molar-refractivity contribution < 1.29 is 24.2 Å². The van der Waals surface area contributed by atoms with Gasteiger partial charge in [-0.25, -0.2) is 9.59 Å². The molecule has 1 N–H and O–H groups in total. The Balaban J connectivity index is 1.59. The summed E-state index contributed by atoms with van der Waals surface area (Å²) in [4.78, 5) is 25.8. The average molecular weight is 573 g/mol. The van der Waals surface area contributed by atoms with Gasteiger partial charge >= 0.3 is 11.9 Å². The quantitative estimate of drug-likeness (QED) is 0.0888. The summed E-state index contributed by atoms with van der Waals surface area (Å²) in [6, 6.07) is 35.2. The molecule has 216 valence electrons. The number of hydrogen-bond acceptors (Lipinski definition) is 6. The second-order valence-corrected chi connectivity index (χ2v) is 10.6. The minimum atomic E-state index is -1.36. The molecule has 4 rings (SSSR count). The molecule has 4 aromatic rings. The lowest BCUT2D eigenvalue weighted by Gasteiger charge is -2.25. The van der Waals surface area contributed by atoms with E-state index in [2.05, 4.69) is 41.3 Å². The minimum absolute atomic E-state index is 0.249. The fourth-order valence-corrected chi connectivity index (χ4v) is 4.23. The Morgan fingerprint density at radius 3 is 1.88 bits per heavy atom. The van der Waals surface area contributed by atoms with Gasteiger partial charge in [-0.05, 0) is 80.4 Å². The van der Waals surface area contributed by atoms with Crippen LogP contribution >= 0.6 is 0 Å². The lowest BCUT2D eigenvalue weighted by Crippen LogP contribution is -2.27. The molecule has 0 atom stereocenters. The van der Waals surface area contributed by atoms with Gasteiger partial charge in [-0.1, -0.05) is 72.8 Å². The van der Waals surface area contributed by atoms with Crippen LogP contribution in [-0.4, -0.2) is 29.3 Å². The van der Waals surface area contributed by atoms with Gasteiger partial charge in [-0.15, -0.1) is 0 Å². The Morgan fingerprint density at radius 2 is 1.35 bits per heavy atom. The summed E-state index contributed by atoms with van der Waals surface area (Å²) in [5, 5.41) is 18.5. The third-order valence-corrected chi connectivity index (χ3v) is 6.10. The van der Waals surface area contributed by atoms with Gasteiger partial charge in [0.15, 0.2) is 6.61 Å². The molecule has 0 aliphatic carbocycles. The van der Waals surface area contributed by atoms with E-state index in [4.69, 9.17) is 9.47 Å². The SMILES string of the molecule is CC(C)(C)OC(=O)COc1cc(/C=C/c2ccc(N(c3ccccc3)c3ccccc3)cc2)ccc1/C=C(/C#N)C(=O)O. The van der Waals surface area contributed by atoms with Crippen molar-refractivity contribution in [1.82, 2.24) is 0 Å². The van der Waals surface area contributed by atoms with Crippen LogP contribution in [0.25, 0.3) is 18.2 Å². The lowest BCUT2D eigenvalue weighted by atomic mass is 10.1. The molecule has 7 nitrogen and oxygen atoms in total. The van der Waals surface area contributed by atoms with Gasteiger partial charge in [-0.3, -0.25) is 0 Å². The molecular formula is C36H32N2O5. The molecule has 0 aromatic heterocycles. The molecule has 0 saturated carbocycles. The third kappa shape index (κ3) is 8.69. The van der Waals surface area contributed by atoms with E-state index >= 15 is 0 Å². The van der Waals surface area contributed by atoms with Crippen molar-refractivity contribution in [3.8, 4) is 11.8 Å². The first-order valence-electron chi connectivity index (χ1n) is 13.6.